The largest absolute Gasteiger partial charge is 0.312 e. The SMILES string of the molecule is O=S1CCNC2CCCCC21. The molecular formula is C8H15NOS. The van der Waals surface area contributed by atoms with Gasteiger partial charge in [0.15, 0.2) is 0 Å². The Kier molecular flexibility index (Phi) is 2.28. The summed E-state index contributed by atoms with van der Waals surface area (Å²) in [4.78, 5) is 0. The summed E-state index contributed by atoms with van der Waals surface area (Å²) >= 11 is 0. The van der Waals surface area contributed by atoms with E-state index < -0.39 is 10.8 Å². The summed E-state index contributed by atoms with van der Waals surface area (Å²) in [5, 5.41) is 3.94. The lowest BCUT2D eigenvalue weighted by molar-refractivity contribution is 0.374. The highest BCUT2D eigenvalue weighted by Crippen LogP contribution is 2.24. The molecule has 0 aromatic carbocycles. The average molecular weight is 173 g/mol. The van der Waals surface area contributed by atoms with Crippen molar-refractivity contribution in [2.45, 2.75) is 37.0 Å². The molecule has 2 fully saturated rings. The zero-order chi connectivity index (χ0) is 7.68. The lowest BCUT2D eigenvalue weighted by Gasteiger charge is -2.35. The first-order chi connectivity index (χ1) is 5.38. The van der Waals surface area contributed by atoms with Crippen LogP contribution in [0.3, 0.4) is 0 Å². The van der Waals surface area contributed by atoms with E-state index in [0.29, 0.717) is 11.3 Å². The topological polar surface area (TPSA) is 29.1 Å². The number of nitrogens with one attached hydrogen (secondary N) is 1. The van der Waals surface area contributed by atoms with Crippen LogP contribution in [0.4, 0.5) is 0 Å². The van der Waals surface area contributed by atoms with Crippen molar-refractivity contribution in [2.24, 2.45) is 0 Å². The molecule has 0 aromatic rings. The Morgan fingerprint density at radius 3 is 2.91 bits per heavy atom. The second-order valence-electron chi connectivity index (χ2n) is 3.47. The third-order valence-electron chi connectivity index (χ3n) is 2.75. The van der Waals surface area contributed by atoms with Crippen molar-refractivity contribution in [3.63, 3.8) is 0 Å². The number of hydrogen-bond acceptors (Lipinski definition) is 2. The lowest BCUT2D eigenvalue weighted by Crippen LogP contribution is -2.51. The van der Waals surface area contributed by atoms with E-state index in [0.717, 1.165) is 12.3 Å². The van der Waals surface area contributed by atoms with E-state index in [1.54, 1.807) is 0 Å². The highest BCUT2D eigenvalue weighted by molar-refractivity contribution is 7.85. The van der Waals surface area contributed by atoms with Crippen LogP contribution in [0.25, 0.3) is 0 Å². The van der Waals surface area contributed by atoms with Crippen LogP contribution in [0.1, 0.15) is 25.7 Å². The molecular weight excluding hydrogens is 158 g/mol. The van der Waals surface area contributed by atoms with Gasteiger partial charge in [0, 0.05) is 29.1 Å². The summed E-state index contributed by atoms with van der Waals surface area (Å²) in [7, 11) is -0.519. The third-order valence-corrected chi connectivity index (χ3v) is 4.60. The molecule has 2 rings (SSSR count). The van der Waals surface area contributed by atoms with E-state index in [9.17, 15) is 4.21 Å². The van der Waals surface area contributed by atoms with E-state index in [-0.39, 0.29) is 0 Å². The van der Waals surface area contributed by atoms with Gasteiger partial charge in [-0.2, -0.15) is 0 Å². The van der Waals surface area contributed by atoms with Gasteiger partial charge in [0.2, 0.25) is 0 Å². The minimum atomic E-state index is -0.519. The fraction of sp³-hybridized carbons (Fsp3) is 1.00. The lowest BCUT2D eigenvalue weighted by atomic mass is 9.95. The summed E-state index contributed by atoms with van der Waals surface area (Å²) < 4.78 is 11.5. The molecule has 1 heterocycles. The van der Waals surface area contributed by atoms with E-state index >= 15 is 0 Å². The van der Waals surface area contributed by atoms with Crippen LogP contribution in [0.2, 0.25) is 0 Å². The molecule has 1 saturated heterocycles. The van der Waals surface area contributed by atoms with Gasteiger partial charge in [0.25, 0.3) is 0 Å². The fourth-order valence-electron chi connectivity index (χ4n) is 2.14. The predicted octanol–water partition coefficient (Wildman–Crippen LogP) is 0.649. The maximum Gasteiger partial charge on any atom is 0.0501 e. The molecule has 1 N–H and O–H groups in total. The Hall–Kier alpha value is 0.110. The van der Waals surface area contributed by atoms with Crippen LogP contribution in [-0.4, -0.2) is 27.8 Å². The third kappa shape index (κ3) is 1.49. The molecule has 1 aliphatic carbocycles. The second kappa shape index (κ2) is 3.23. The molecule has 0 radical (unpaired) electrons. The molecule has 1 saturated carbocycles. The van der Waals surface area contributed by atoms with Crippen molar-refractivity contribution < 1.29 is 4.21 Å². The van der Waals surface area contributed by atoms with Crippen LogP contribution >= 0.6 is 0 Å². The number of fused-ring (bicyclic) bond motifs is 1. The molecule has 0 bridgehead atoms. The highest BCUT2D eigenvalue weighted by Gasteiger charge is 2.32. The zero-order valence-corrected chi connectivity index (χ0v) is 7.53. The van der Waals surface area contributed by atoms with E-state index in [2.05, 4.69) is 5.32 Å². The van der Waals surface area contributed by atoms with Crippen LogP contribution in [0, 0.1) is 0 Å². The van der Waals surface area contributed by atoms with Crippen LogP contribution < -0.4 is 5.32 Å². The Morgan fingerprint density at radius 2 is 2.09 bits per heavy atom. The van der Waals surface area contributed by atoms with Gasteiger partial charge >= 0.3 is 0 Å². The second-order valence-corrected chi connectivity index (χ2v) is 5.24. The minimum absolute atomic E-state index is 0.484. The molecule has 64 valence electrons. The van der Waals surface area contributed by atoms with Crippen molar-refractivity contribution in [3.05, 3.63) is 0 Å². The minimum Gasteiger partial charge on any atom is -0.312 e. The Labute approximate surface area is 70.2 Å². The maximum absolute atomic E-state index is 11.5. The van der Waals surface area contributed by atoms with Gasteiger partial charge in [-0.05, 0) is 12.8 Å². The van der Waals surface area contributed by atoms with Gasteiger partial charge in [-0.3, -0.25) is 4.21 Å². The Morgan fingerprint density at radius 1 is 1.27 bits per heavy atom. The molecule has 2 aliphatic rings. The molecule has 2 nitrogen and oxygen atoms in total. The average Bonchev–Trinajstić information content (AvgIpc) is 2.06. The highest BCUT2D eigenvalue weighted by atomic mass is 32.2. The van der Waals surface area contributed by atoms with Gasteiger partial charge in [-0.25, -0.2) is 0 Å². The van der Waals surface area contributed by atoms with Crippen molar-refractivity contribution in [1.82, 2.24) is 5.32 Å². The van der Waals surface area contributed by atoms with Gasteiger partial charge in [-0.1, -0.05) is 12.8 Å². The summed E-state index contributed by atoms with van der Waals surface area (Å²) in [6.45, 7) is 0.966. The first kappa shape index (κ1) is 7.74. The molecule has 3 atom stereocenters. The number of hydrogen-bond donors (Lipinski definition) is 1. The Balaban J connectivity index is 2.05. The fourth-order valence-corrected chi connectivity index (χ4v) is 3.79. The first-order valence-electron chi connectivity index (χ1n) is 4.48. The zero-order valence-electron chi connectivity index (χ0n) is 6.71. The van der Waals surface area contributed by atoms with Gasteiger partial charge < -0.3 is 5.32 Å². The summed E-state index contributed by atoms with van der Waals surface area (Å²) in [6.07, 6.45) is 5.04. The van der Waals surface area contributed by atoms with Crippen molar-refractivity contribution in [1.29, 1.82) is 0 Å². The Bertz CT molecular complexity index is 169. The standard InChI is InChI=1S/C8H15NOS/c10-11-6-5-9-7-3-1-2-4-8(7)11/h7-9H,1-6H2. The molecule has 3 heteroatoms. The van der Waals surface area contributed by atoms with E-state index in [1.165, 1.54) is 25.7 Å². The van der Waals surface area contributed by atoms with Crippen molar-refractivity contribution in [2.75, 3.05) is 12.3 Å². The van der Waals surface area contributed by atoms with Crippen molar-refractivity contribution in [3.8, 4) is 0 Å². The molecule has 11 heavy (non-hydrogen) atoms. The predicted molar refractivity (Wildman–Crippen MR) is 47.1 cm³/mol. The van der Waals surface area contributed by atoms with E-state index in [4.69, 9.17) is 0 Å². The normalized spacial score (nSPS) is 44.9. The smallest absolute Gasteiger partial charge is 0.0501 e. The molecule has 1 aliphatic heterocycles. The van der Waals surface area contributed by atoms with Gasteiger partial charge in [-0.15, -0.1) is 0 Å². The van der Waals surface area contributed by atoms with Crippen LogP contribution in [0.15, 0.2) is 0 Å². The summed E-state index contributed by atoms with van der Waals surface area (Å²) in [5.74, 6) is 0.876. The molecule has 0 aromatic heterocycles. The van der Waals surface area contributed by atoms with E-state index in [1.807, 2.05) is 0 Å². The quantitative estimate of drug-likeness (QED) is 0.583. The van der Waals surface area contributed by atoms with Crippen LogP contribution in [-0.2, 0) is 10.8 Å². The van der Waals surface area contributed by atoms with Crippen LogP contribution in [0.5, 0.6) is 0 Å². The number of rotatable bonds is 0. The summed E-state index contributed by atoms with van der Waals surface area (Å²) in [6, 6.07) is 0.582. The molecule has 0 amide bonds. The van der Waals surface area contributed by atoms with Gasteiger partial charge in [0.05, 0.1) is 5.25 Å². The van der Waals surface area contributed by atoms with Crippen molar-refractivity contribution >= 4 is 10.8 Å². The monoisotopic (exact) mass is 173 g/mol. The molecule has 3 unspecified atom stereocenters. The molecule has 0 spiro atoms. The van der Waals surface area contributed by atoms with Gasteiger partial charge in [0.1, 0.15) is 0 Å². The first-order valence-corrected chi connectivity index (χ1v) is 5.87. The summed E-state index contributed by atoms with van der Waals surface area (Å²) in [5.41, 5.74) is 0. The maximum atomic E-state index is 11.5.